The molecule has 0 aromatic rings. The van der Waals surface area contributed by atoms with E-state index in [0.717, 1.165) is 0 Å². The van der Waals surface area contributed by atoms with Crippen molar-refractivity contribution < 1.29 is 19.7 Å². The van der Waals surface area contributed by atoms with Crippen LogP contribution in [0.2, 0.25) is 0 Å². The Morgan fingerprint density at radius 1 is 1.43 bits per heavy atom. The van der Waals surface area contributed by atoms with Crippen molar-refractivity contribution in [2.24, 2.45) is 11.7 Å². The SMILES string of the molecule is COCC1OC(CO)C(C)C(O)C1N. The highest BCUT2D eigenvalue weighted by Crippen LogP contribution is 2.24. The summed E-state index contributed by atoms with van der Waals surface area (Å²) in [5.74, 6) is -0.150. The van der Waals surface area contributed by atoms with Gasteiger partial charge in [0.1, 0.15) is 0 Å². The van der Waals surface area contributed by atoms with E-state index in [1.54, 1.807) is 7.11 Å². The summed E-state index contributed by atoms with van der Waals surface area (Å²) >= 11 is 0. The second kappa shape index (κ2) is 5.04. The molecule has 0 spiro atoms. The Labute approximate surface area is 83.8 Å². The van der Waals surface area contributed by atoms with E-state index < -0.39 is 12.1 Å². The zero-order valence-electron chi connectivity index (χ0n) is 8.59. The van der Waals surface area contributed by atoms with Crippen molar-refractivity contribution in [3.05, 3.63) is 0 Å². The van der Waals surface area contributed by atoms with Gasteiger partial charge in [0.15, 0.2) is 0 Å². The number of hydrogen-bond acceptors (Lipinski definition) is 5. The number of aliphatic hydroxyl groups is 2. The molecule has 0 aromatic heterocycles. The van der Waals surface area contributed by atoms with E-state index in [4.69, 9.17) is 20.3 Å². The van der Waals surface area contributed by atoms with Crippen LogP contribution in [0.5, 0.6) is 0 Å². The molecule has 84 valence electrons. The summed E-state index contributed by atoms with van der Waals surface area (Å²) in [6.45, 7) is 2.04. The Bertz CT molecular complexity index is 174. The van der Waals surface area contributed by atoms with Crippen molar-refractivity contribution in [3.8, 4) is 0 Å². The van der Waals surface area contributed by atoms with Crippen molar-refractivity contribution in [2.45, 2.75) is 31.3 Å². The van der Waals surface area contributed by atoms with Gasteiger partial charge in [-0.15, -0.1) is 0 Å². The molecule has 14 heavy (non-hydrogen) atoms. The fraction of sp³-hybridized carbons (Fsp3) is 1.00. The van der Waals surface area contributed by atoms with Crippen LogP contribution in [-0.2, 0) is 9.47 Å². The van der Waals surface area contributed by atoms with Gasteiger partial charge in [-0.1, -0.05) is 6.92 Å². The molecule has 5 atom stereocenters. The van der Waals surface area contributed by atoms with E-state index in [9.17, 15) is 5.11 Å². The number of ether oxygens (including phenoxy) is 2. The summed E-state index contributed by atoms with van der Waals surface area (Å²) < 4.78 is 10.4. The maximum absolute atomic E-state index is 9.77. The van der Waals surface area contributed by atoms with Gasteiger partial charge in [-0.05, 0) is 0 Å². The van der Waals surface area contributed by atoms with Gasteiger partial charge in [0.2, 0.25) is 0 Å². The smallest absolute Gasteiger partial charge is 0.0989 e. The van der Waals surface area contributed by atoms with Gasteiger partial charge >= 0.3 is 0 Å². The van der Waals surface area contributed by atoms with E-state index in [-0.39, 0.29) is 24.7 Å². The summed E-state index contributed by atoms with van der Waals surface area (Å²) in [4.78, 5) is 0. The molecule has 5 nitrogen and oxygen atoms in total. The zero-order chi connectivity index (χ0) is 10.7. The lowest BCUT2D eigenvalue weighted by atomic mass is 9.87. The fourth-order valence-electron chi connectivity index (χ4n) is 1.75. The summed E-state index contributed by atoms with van der Waals surface area (Å²) in [6, 6.07) is -0.451. The fourth-order valence-corrected chi connectivity index (χ4v) is 1.75. The predicted octanol–water partition coefficient (Wildman–Crippen LogP) is -1.28. The van der Waals surface area contributed by atoms with Gasteiger partial charge in [0, 0.05) is 13.0 Å². The second-order valence-electron chi connectivity index (χ2n) is 3.78. The third-order valence-electron chi connectivity index (χ3n) is 2.81. The molecular weight excluding hydrogens is 186 g/mol. The lowest BCUT2D eigenvalue weighted by Gasteiger charge is -2.41. The van der Waals surface area contributed by atoms with Crippen LogP contribution >= 0.6 is 0 Å². The van der Waals surface area contributed by atoms with Gasteiger partial charge < -0.3 is 25.4 Å². The highest BCUT2D eigenvalue weighted by molar-refractivity contribution is 4.92. The minimum Gasteiger partial charge on any atom is -0.394 e. The Hall–Kier alpha value is -0.200. The number of rotatable bonds is 3. The lowest BCUT2D eigenvalue weighted by molar-refractivity contribution is -0.169. The van der Waals surface area contributed by atoms with Crippen molar-refractivity contribution in [1.82, 2.24) is 0 Å². The standard InChI is InChI=1S/C9H19NO4/c1-5-6(3-11)14-7(4-13-2)8(10)9(5)12/h5-9,11-12H,3-4,10H2,1-2H3. The Morgan fingerprint density at radius 2 is 2.07 bits per heavy atom. The molecule has 1 saturated heterocycles. The monoisotopic (exact) mass is 205 g/mol. The quantitative estimate of drug-likeness (QED) is 0.534. The van der Waals surface area contributed by atoms with E-state index in [1.165, 1.54) is 0 Å². The molecule has 0 aromatic carbocycles. The first-order valence-electron chi connectivity index (χ1n) is 4.80. The Morgan fingerprint density at radius 3 is 2.57 bits per heavy atom. The molecule has 0 radical (unpaired) electrons. The van der Waals surface area contributed by atoms with Crippen LogP contribution in [0.25, 0.3) is 0 Å². The van der Waals surface area contributed by atoms with Crippen LogP contribution in [0.4, 0.5) is 0 Å². The number of methoxy groups -OCH3 is 1. The molecule has 1 heterocycles. The largest absolute Gasteiger partial charge is 0.394 e. The van der Waals surface area contributed by atoms with E-state index in [0.29, 0.717) is 6.61 Å². The number of aliphatic hydroxyl groups excluding tert-OH is 2. The molecule has 1 aliphatic heterocycles. The first kappa shape index (κ1) is 11.9. The number of hydrogen-bond donors (Lipinski definition) is 3. The molecule has 1 fully saturated rings. The van der Waals surface area contributed by atoms with Crippen LogP contribution in [0, 0.1) is 5.92 Å². The predicted molar refractivity (Wildman–Crippen MR) is 50.8 cm³/mol. The third-order valence-corrected chi connectivity index (χ3v) is 2.81. The molecule has 5 unspecified atom stereocenters. The first-order valence-corrected chi connectivity index (χ1v) is 4.80. The van der Waals surface area contributed by atoms with Gasteiger partial charge in [-0.3, -0.25) is 0 Å². The summed E-state index contributed by atoms with van der Waals surface area (Å²) in [5, 5.41) is 18.8. The molecule has 4 N–H and O–H groups in total. The molecule has 1 aliphatic rings. The first-order chi connectivity index (χ1) is 6.61. The van der Waals surface area contributed by atoms with Gasteiger partial charge in [-0.25, -0.2) is 0 Å². The summed E-state index contributed by atoms with van der Waals surface area (Å²) in [6.07, 6.45) is -1.35. The molecule has 1 rings (SSSR count). The topological polar surface area (TPSA) is 84.9 Å². The summed E-state index contributed by atoms with van der Waals surface area (Å²) in [5.41, 5.74) is 5.78. The third kappa shape index (κ3) is 2.24. The van der Waals surface area contributed by atoms with Crippen molar-refractivity contribution in [1.29, 1.82) is 0 Å². The van der Waals surface area contributed by atoms with Crippen molar-refractivity contribution >= 4 is 0 Å². The average molecular weight is 205 g/mol. The van der Waals surface area contributed by atoms with Gasteiger partial charge in [-0.2, -0.15) is 0 Å². The maximum atomic E-state index is 9.77. The molecule has 0 aliphatic carbocycles. The highest BCUT2D eigenvalue weighted by atomic mass is 16.5. The van der Waals surface area contributed by atoms with E-state index in [1.807, 2.05) is 6.92 Å². The van der Waals surface area contributed by atoms with Crippen LogP contribution in [0.1, 0.15) is 6.92 Å². The molecular formula is C9H19NO4. The van der Waals surface area contributed by atoms with Crippen LogP contribution in [-0.4, -0.2) is 54.9 Å². The molecule has 0 amide bonds. The Kier molecular flexibility index (Phi) is 4.28. The second-order valence-corrected chi connectivity index (χ2v) is 3.78. The molecule has 0 bridgehead atoms. The normalized spacial score (nSPS) is 43.9. The van der Waals surface area contributed by atoms with E-state index in [2.05, 4.69) is 0 Å². The van der Waals surface area contributed by atoms with Crippen LogP contribution < -0.4 is 5.73 Å². The van der Waals surface area contributed by atoms with Gasteiger partial charge in [0.25, 0.3) is 0 Å². The van der Waals surface area contributed by atoms with Crippen molar-refractivity contribution in [3.63, 3.8) is 0 Å². The summed E-state index contributed by atoms with van der Waals surface area (Å²) in [7, 11) is 1.55. The van der Waals surface area contributed by atoms with Gasteiger partial charge in [0.05, 0.1) is 37.6 Å². The maximum Gasteiger partial charge on any atom is 0.0989 e. The minimum atomic E-state index is -0.652. The average Bonchev–Trinajstić information content (AvgIpc) is 2.19. The number of nitrogens with two attached hydrogens (primary N) is 1. The minimum absolute atomic E-state index is 0.106. The van der Waals surface area contributed by atoms with E-state index >= 15 is 0 Å². The zero-order valence-corrected chi connectivity index (χ0v) is 8.59. The molecule has 5 heteroatoms. The highest BCUT2D eigenvalue weighted by Gasteiger charge is 2.40. The van der Waals surface area contributed by atoms with Crippen LogP contribution in [0.15, 0.2) is 0 Å². The van der Waals surface area contributed by atoms with Crippen molar-refractivity contribution in [2.75, 3.05) is 20.3 Å². The van der Waals surface area contributed by atoms with Crippen LogP contribution in [0.3, 0.4) is 0 Å². The molecule has 0 saturated carbocycles. The lowest BCUT2D eigenvalue weighted by Crippen LogP contribution is -2.59. The Balaban J connectivity index is 2.63.